The molecule has 3 aromatic rings. The number of nitrogens with zero attached hydrogens (tertiary/aromatic N) is 2. The SMILES string of the molecule is CCOC(=O)c1c(CN2CCC(C(=O)OCC)CC2)nc2ccccc2c1-c1ccccc1. The summed E-state index contributed by atoms with van der Waals surface area (Å²) in [5, 5.41) is 0.927. The minimum absolute atomic E-state index is 0.0600. The van der Waals surface area contributed by atoms with Gasteiger partial charge in [0.25, 0.3) is 0 Å². The summed E-state index contributed by atoms with van der Waals surface area (Å²) in [4.78, 5) is 32.5. The number of piperidine rings is 1. The molecule has 1 aliphatic rings. The molecule has 6 nitrogen and oxygen atoms in total. The topological polar surface area (TPSA) is 68.7 Å². The van der Waals surface area contributed by atoms with Gasteiger partial charge in [-0.2, -0.15) is 0 Å². The van der Waals surface area contributed by atoms with Crippen molar-refractivity contribution in [3.8, 4) is 11.1 Å². The summed E-state index contributed by atoms with van der Waals surface area (Å²) in [6.07, 6.45) is 1.49. The first-order valence-electron chi connectivity index (χ1n) is 11.7. The van der Waals surface area contributed by atoms with Crippen molar-refractivity contribution in [3.05, 3.63) is 65.9 Å². The molecule has 33 heavy (non-hydrogen) atoms. The van der Waals surface area contributed by atoms with Gasteiger partial charge in [-0.15, -0.1) is 0 Å². The monoisotopic (exact) mass is 446 g/mol. The number of fused-ring (bicyclic) bond motifs is 1. The highest BCUT2D eigenvalue weighted by atomic mass is 16.5. The standard InChI is InChI=1S/C27H30N2O4/c1-3-32-26(30)20-14-16-29(17-15-20)18-23-25(27(31)33-4-2)24(19-10-6-5-7-11-19)21-12-8-9-13-22(21)28-23/h5-13,20H,3-4,14-18H2,1-2H3. The fraction of sp³-hybridized carbons (Fsp3) is 0.370. The first-order chi connectivity index (χ1) is 16.1. The summed E-state index contributed by atoms with van der Waals surface area (Å²) in [6.45, 7) is 6.37. The van der Waals surface area contributed by atoms with Gasteiger partial charge < -0.3 is 9.47 Å². The van der Waals surface area contributed by atoms with E-state index in [4.69, 9.17) is 14.5 Å². The van der Waals surface area contributed by atoms with Crippen LogP contribution in [0.1, 0.15) is 42.7 Å². The Morgan fingerprint density at radius 2 is 1.61 bits per heavy atom. The average Bonchev–Trinajstić information content (AvgIpc) is 2.84. The van der Waals surface area contributed by atoms with Crippen molar-refractivity contribution in [3.63, 3.8) is 0 Å². The van der Waals surface area contributed by atoms with E-state index in [0.717, 1.165) is 48.0 Å². The number of rotatable bonds is 7. The predicted octanol–water partition coefficient (Wildman–Crippen LogP) is 4.85. The number of para-hydroxylation sites is 1. The maximum atomic E-state index is 13.2. The van der Waals surface area contributed by atoms with E-state index < -0.39 is 0 Å². The number of carbonyl (C=O) groups is 2. The molecule has 2 heterocycles. The Morgan fingerprint density at radius 3 is 2.30 bits per heavy atom. The minimum atomic E-state index is -0.356. The molecule has 0 N–H and O–H groups in total. The number of benzene rings is 2. The van der Waals surface area contributed by atoms with E-state index in [1.54, 1.807) is 0 Å². The molecular weight excluding hydrogens is 416 g/mol. The van der Waals surface area contributed by atoms with Crippen molar-refractivity contribution in [2.45, 2.75) is 33.2 Å². The second-order valence-electron chi connectivity index (χ2n) is 8.21. The van der Waals surface area contributed by atoms with Crippen LogP contribution in [0.2, 0.25) is 0 Å². The van der Waals surface area contributed by atoms with Crippen LogP contribution in [-0.2, 0) is 20.8 Å². The number of pyridine rings is 1. The highest BCUT2D eigenvalue weighted by molar-refractivity contribution is 6.07. The lowest BCUT2D eigenvalue weighted by Crippen LogP contribution is -2.37. The third-order valence-corrected chi connectivity index (χ3v) is 6.09. The second-order valence-corrected chi connectivity index (χ2v) is 8.21. The van der Waals surface area contributed by atoms with E-state index >= 15 is 0 Å². The molecule has 0 saturated carbocycles. The summed E-state index contributed by atoms with van der Waals surface area (Å²) >= 11 is 0. The molecule has 4 rings (SSSR count). The maximum Gasteiger partial charge on any atom is 0.340 e. The smallest absolute Gasteiger partial charge is 0.340 e. The maximum absolute atomic E-state index is 13.2. The van der Waals surface area contributed by atoms with Gasteiger partial charge in [0.15, 0.2) is 0 Å². The van der Waals surface area contributed by atoms with Crippen LogP contribution >= 0.6 is 0 Å². The number of likely N-dealkylation sites (tertiary alicyclic amines) is 1. The van der Waals surface area contributed by atoms with Gasteiger partial charge in [0.1, 0.15) is 0 Å². The molecule has 0 aliphatic carbocycles. The van der Waals surface area contributed by atoms with Gasteiger partial charge in [0.05, 0.1) is 35.9 Å². The quantitative estimate of drug-likeness (QED) is 0.483. The lowest BCUT2D eigenvalue weighted by molar-refractivity contribution is -0.149. The molecule has 0 radical (unpaired) electrons. The number of hydrogen-bond acceptors (Lipinski definition) is 6. The molecule has 0 bridgehead atoms. The molecule has 1 fully saturated rings. The molecule has 1 saturated heterocycles. The Balaban J connectivity index is 1.73. The summed E-state index contributed by atoms with van der Waals surface area (Å²) in [5.41, 5.74) is 3.90. The fourth-order valence-corrected chi connectivity index (χ4v) is 4.50. The Morgan fingerprint density at radius 1 is 0.939 bits per heavy atom. The molecule has 0 amide bonds. The van der Waals surface area contributed by atoms with Gasteiger partial charge in [0.2, 0.25) is 0 Å². The minimum Gasteiger partial charge on any atom is -0.466 e. The van der Waals surface area contributed by atoms with Gasteiger partial charge in [0, 0.05) is 17.5 Å². The van der Waals surface area contributed by atoms with Crippen LogP contribution < -0.4 is 0 Å². The third-order valence-electron chi connectivity index (χ3n) is 6.09. The van der Waals surface area contributed by atoms with E-state index in [0.29, 0.717) is 31.0 Å². The van der Waals surface area contributed by atoms with Crippen LogP contribution in [0.5, 0.6) is 0 Å². The normalized spacial score (nSPS) is 14.8. The van der Waals surface area contributed by atoms with E-state index in [-0.39, 0.29) is 17.9 Å². The Bertz CT molecular complexity index is 1120. The van der Waals surface area contributed by atoms with E-state index in [2.05, 4.69) is 4.90 Å². The van der Waals surface area contributed by atoms with Crippen LogP contribution in [0.3, 0.4) is 0 Å². The number of carbonyl (C=O) groups excluding carboxylic acids is 2. The van der Waals surface area contributed by atoms with Gasteiger partial charge in [-0.05, 0) is 51.4 Å². The third kappa shape index (κ3) is 5.06. The molecule has 0 atom stereocenters. The van der Waals surface area contributed by atoms with Crippen molar-refractivity contribution < 1.29 is 19.1 Å². The van der Waals surface area contributed by atoms with Crippen molar-refractivity contribution in [2.24, 2.45) is 5.92 Å². The zero-order valence-corrected chi connectivity index (χ0v) is 19.3. The van der Waals surface area contributed by atoms with Gasteiger partial charge in [-0.25, -0.2) is 4.79 Å². The summed E-state index contributed by atoms with van der Waals surface area (Å²) in [7, 11) is 0. The van der Waals surface area contributed by atoms with Gasteiger partial charge >= 0.3 is 11.9 Å². The van der Waals surface area contributed by atoms with Crippen LogP contribution in [-0.4, -0.2) is 48.1 Å². The van der Waals surface area contributed by atoms with Crippen molar-refractivity contribution >= 4 is 22.8 Å². The van der Waals surface area contributed by atoms with E-state index in [1.807, 2.05) is 68.4 Å². The molecule has 6 heteroatoms. The molecule has 0 spiro atoms. The zero-order valence-electron chi connectivity index (χ0n) is 19.3. The van der Waals surface area contributed by atoms with E-state index in [1.165, 1.54) is 0 Å². The fourth-order valence-electron chi connectivity index (χ4n) is 4.50. The second kappa shape index (κ2) is 10.6. The molecular formula is C27H30N2O4. The first kappa shape index (κ1) is 22.9. The molecule has 2 aromatic carbocycles. The Labute approximate surface area is 194 Å². The summed E-state index contributed by atoms with van der Waals surface area (Å²) in [5.74, 6) is -0.527. The zero-order chi connectivity index (χ0) is 23.2. The first-order valence-corrected chi connectivity index (χ1v) is 11.7. The number of aromatic nitrogens is 1. The molecule has 172 valence electrons. The Hall–Kier alpha value is -3.25. The molecule has 1 aliphatic heterocycles. The molecule has 1 aromatic heterocycles. The molecule has 0 unspecified atom stereocenters. The summed E-state index contributed by atoms with van der Waals surface area (Å²) in [6, 6.07) is 17.8. The van der Waals surface area contributed by atoms with Crippen LogP contribution in [0.4, 0.5) is 0 Å². The van der Waals surface area contributed by atoms with Crippen LogP contribution in [0.25, 0.3) is 22.0 Å². The predicted molar refractivity (Wildman–Crippen MR) is 128 cm³/mol. The summed E-state index contributed by atoms with van der Waals surface area (Å²) < 4.78 is 10.7. The van der Waals surface area contributed by atoms with Crippen LogP contribution in [0.15, 0.2) is 54.6 Å². The van der Waals surface area contributed by atoms with Gasteiger partial charge in [-0.3, -0.25) is 14.7 Å². The van der Waals surface area contributed by atoms with Gasteiger partial charge in [-0.1, -0.05) is 48.5 Å². The highest BCUT2D eigenvalue weighted by Crippen LogP contribution is 2.34. The van der Waals surface area contributed by atoms with E-state index in [9.17, 15) is 9.59 Å². The number of hydrogen-bond donors (Lipinski definition) is 0. The number of esters is 2. The average molecular weight is 447 g/mol. The van der Waals surface area contributed by atoms with Crippen LogP contribution in [0, 0.1) is 5.92 Å². The highest BCUT2D eigenvalue weighted by Gasteiger charge is 2.29. The largest absolute Gasteiger partial charge is 0.466 e. The lowest BCUT2D eigenvalue weighted by atomic mass is 9.93. The van der Waals surface area contributed by atoms with Crippen molar-refractivity contribution in [2.75, 3.05) is 26.3 Å². The van der Waals surface area contributed by atoms with Crippen molar-refractivity contribution in [1.29, 1.82) is 0 Å². The lowest BCUT2D eigenvalue weighted by Gasteiger charge is -2.31. The van der Waals surface area contributed by atoms with Crippen molar-refractivity contribution in [1.82, 2.24) is 9.88 Å². The Kier molecular flexibility index (Phi) is 7.35. The number of ether oxygens (including phenoxy) is 2.